The van der Waals surface area contributed by atoms with E-state index in [-0.39, 0.29) is 11.7 Å². The maximum Gasteiger partial charge on any atom is 0.147 e. The molecule has 0 fully saturated rings. The Labute approximate surface area is 132 Å². The molecule has 0 radical (unpaired) electrons. The van der Waals surface area contributed by atoms with Gasteiger partial charge in [0.05, 0.1) is 26.2 Å². The van der Waals surface area contributed by atoms with Gasteiger partial charge < -0.3 is 0 Å². The number of alkyl halides is 1. The summed E-state index contributed by atoms with van der Waals surface area (Å²) < 4.78 is 29.8. The highest BCUT2D eigenvalue weighted by Crippen LogP contribution is 2.27. The van der Waals surface area contributed by atoms with Gasteiger partial charge in [-0.3, -0.25) is 4.57 Å². The third kappa shape index (κ3) is 2.18. The van der Waals surface area contributed by atoms with E-state index in [1.807, 2.05) is 22.6 Å². The third-order valence-corrected chi connectivity index (χ3v) is 4.04. The van der Waals surface area contributed by atoms with Gasteiger partial charge in [-0.05, 0) is 40.8 Å². The fourth-order valence-electron chi connectivity index (χ4n) is 2.11. The summed E-state index contributed by atoms with van der Waals surface area (Å²) in [5, 5.41) is 0. The lowest BCUT2D eigenvalue weighted by Crippen LogP contribution is -2.02. The van der Waals surface area contributed by atoms with Crippen LogP contribution in [0.3, 0.4) is 0 Å². The molecule has 0 aliphatic carbocycles. The molecular weight excluding hydrogens is 397 g/mol. The maximum atomic E-state index is 14.0. The maximum absolute atomic E-state index is 14.0. The number of fused-ring (bicyclic) bond motifs is 1. The summed E-state index contributed by atoms with van der Waals surface area (Å²) >= 11 is 7.78. The summed E-state index contributed by atoms with van der Waals surface area (Å²) in [5.41, 5.74) is 1.41. The van der Waals surface area contributed by atoms with Gasteiger partial charge in [-0.25, -0.2) is 13.8 Å². The first-order chi connectivity index (χ1) is 9.61. The molecule has 0 spiro atoms. The van der Waals surface area contributed by atoms with Gasteiger partial charge in [0.1, 0.15) is 17.5 Å². The van der Waals surface area contributed by atoms with E-state index in [1.165, 1.54) is 12.1 Å². The predicted molar refractivity (Wildman–Crippen MR) is 83.3 cm³/mol. The van der Waals surface area contributed by atoms with Crippen molar-refractivity contribution in [3.63, 3.8) is 0 Å². The van der Waals surface area contributed by atoms with E-state index in [4.69, 9.17) is 11.6 Å². The molecular formula is C14H8ClF2IN2. The summed E-state index contributed by atoms with van der Waals surface area (Å²) in [5.74, 6) is -0.177. The summed E-state index contributed by atoms with van der Waals surface area (Å²) in [6, 6.07) is 9.25. The Balaban J connectivity index is 2.39. The van der Waals surface area contributed by atoms with E-state index < -0.39 is 5.82 Å². The minimum absolute atomic E-state index is 0.112. The van der Waals surface area contributed by atoms with E-state index in [9.17, 15) is 8.78 Å². The molecule has 0 saturated carbocycles. The van der Waals surface area contributed by atoms with Crippen molar-refractivity contribution >= 4 is 45.2 Å². The van der Waals surface area contributed by atoms with Crippen LogP contribution in [-0.4, -0.2) is 9.55 Å². The Hall–Kier alpha value is -1.21. The molecule has 0 aliphatic rings. The van der Waals surface area contributed by atoms with E-state index in [2.05, 4.69) is 4.98 Å². The van der Waals surface area contributed by atoms with E-state index in [1.54, 1.807) is 28.8 Å². The van der Waals surface area contributed by atoms with Gasteiger partial charge in [0.25, 0.3) is 0 Å². The Morgan fingerprint density at radius 2 is 1.90 bits per heavy atom. The fourth-order valence-corrected chi connectivity index (χ4v) is 2.74. The van der Waals surface area contributed by atoms with Crippen LogP contribution in [-0.2, 0) is 5.88 Å². The number of imidazole rings is 1. The van der Waals surface area contributed by atoms with Crippen LogP contribution in [0.25, 0.3) is 16.7 Å². The topological polar surface area (TPSA) is 17.8 Å². The smallest absolute Gasteiger partial charge is 0.147 e. The summed E-state index contributed by atoms with van der Waals surface area (Å²) in [7, 11) is 0. The van der Waals surface area contributed by atoms with E-state index >= 15 is 0 Å². The highest BCUT2D eigenvalue weighted by Gasteiger charge is 2.16. The Morgan fingerprint density at radius 3 is 2.60 bits per heavy atom. The van der Waals surface area contributed by atoms with Crippen molar-refractivity contribution in [2.24, 2.45) is 0 Å². The zero-order valence-corrected chi connectivity index (χ0v) is 13.0. The van der Waals surface area contributed by atoms with Crippen molar-refractivity contribution in [1.29, 1.82) is 0 Å². The minimum atomic E-state index is -0.405. The van der Waals surface area contributed by atoms with Crippen LogP contribution in [0.1, 0.15) is 5.82 Å². The first-order valence-electron chi connectivity index (χ1n) is 5.79. The first-order valence-corrected chi connectivity index (χ1v) is 7.40. The second kappa shape index (κ2) is 5.29. The molecule has 20 heavy (non-hydrogen) atoms. The molecule has 2 aromatic carbocycles. The Kier molecular flexibility index (Phi) is 3.64. The third-order valence-electron chi connectivity index (χ3n) is 2.98. The number of rotatable bonds is 2. The molecule has 3 rings (SSSR count). The van der Waals surface area contributed by atoms with Crippen LogP contribution >= 0.6 is 34.2 Å². The molecule has 102 valence electrons. The van der Waals surface area contributed by atoms with Crippen molar-refractivity contribution in [2.45, 2.75) is 5.88 Å². The number of halogens is 4. The second-order valence-corrected chi connectivity index (χ2v) is 5.63. The van der Waals surface area contributed by atoms with Crippen LogP contribution in [0, 0.1) is 15.2 Å². The predicted octanol–water partition coefficient (Wildman–Crippen LogP) is 4.65. The van der Waals surface area contributed by atoms with Crippen LogP contribution < -0.4 is 0 Å². The molecule has 0 saturated heterocycles. The van der Waals surface area contributed by atoms with Gasteiger partial charge in [-0.1, -0.05) is 12.1 Å². The SMILES string of the molecule is Fc1cc2c(cc1I)nc(CCl)n2-c1ccccc1F. The number of aromatic nitrogens is 2. The monoisotopic (exact) mass is 404 g/mol. The van der Waals surface area contributed by atoms with Crippen LogP contribution in [0.5, 0.6) is 0 Å². The highest BCUT2D eigenvalue weighted by molar-refractivity contribution is 14.1. The van der Waals surface area contributed by atoms with Gasteiger partial charge in [0.2, 0.25) is 0 Å². The highest BCUT2D eigenvalue weighted by atomic mass is 127. The molecule has 2 nitrogen and oxygen atoms in total. The lowest BCUT2D eigenvalue weighted by Gasteiger charge is -2.08. The molecule has 0 atom stereocenters. The quantitative estimate of drug-likeness (QED) is 0.449. The van der Waals surface area contributed by atoms with Crippen molar-refractivity contribution < 1.29 is 8.78 Å². The first kappa shape index (κ1) is 13.8. The molecule has 0 amide bonds. The van der Waals surface area contributed by atoms with Gasteiger partial charge in [0.15, 0.2) is 0 Å². The summed E-state index contributed by atoms with van der Waals surface area (Å²) in [6.07, 6.45) is 0. The summed E-state index contributed by atoms with van der Waals surface area (Å²) in [6.45, 7) is 0. The normalized spacial score (nSPS) is 11.2. The number of nitrogens with zero attached hydrogens (tertiary/aromatic N) is 2. The standard InChI is InChI=1S/C14H8ClF2IN2/c15-7-14-19-11-6-10(18)9(17)5-13(11)20(14)12-4-2-1-3-8(12)16/h1-6H,7H2. The van der Waals surface area contributed by atoms with Gasteiger partial charge in [0, 0.05) is 6.07 Å². The van der Waals surface area contributed by atoms with Crippen molar-refractivity contribution in [3.8, 4) is 5.69 Å². The molecule has 3 aromatic rings. The average molecular weight is 405 g/mol. The van der Waals surface area contributed by atoms with Gasteiger partial charge >= 0.3 is 0 Å². The Morgan fingerprint density at radius 1 is 1.15 bits per heavy atom. The molecule has 0 unspecified atom stereocenters. The summed E-state index contributed by atoms with van der Waals surface area (Å²) in [4.78, 5) is 4.34. The zero-order valence-electron chi connectivity index (χ0n) is 10.1. The number of hydrogen-bond acceptors (Lipinski definition) is 1. The molecule has 0 bridgehead atoms. The van der Waals surface area contributed by atoms with Crippen LogP contribution in [0.2, 0.25) is 0 Å². The minimum Gasteiger partial charge on any atom is -0.292 e. The van der Waals surface area contributed by atoms with E-state index in [0.29, 0.717) is 26.1 Å². The van der Waals surface area contributed by atoms with Crippen LogP contribution in [0.15, 0.2) is 36.4 Å². The van der Waals surface area contributed by atoms with E-state index in [0.717, 1.165) is 0 Å². The molecule has 1 aromatic heterocycles. The van der Waals surface area contributed by atoms with Gasteiger partial charge in [-0.15, -0.1) is 11.6 Å². The van der Waals surface area contributed by atoms with Gasteiger partial charge in [-0.2, -0.15) is 0 Å². The van der Waals surface area contributed by atoms with Crippen molar-refractivity contribution in [1.82, 2.24) is 9.55 Å². The van der Waals surface area contributed by atoms with Crippen LogP contribution in [0.4, 0.5) is 8.78 Å². The van der Waals surface area contributed by atoms with Crippen molar-refractivity contribution in [2.75, 3.05) is 0 Å². The molecule has 1 heterocycles. The number of para-hydroxylation sites is 1. The zero-order chi connectivity index (χ0) is 14.3. The Bertz CT molecular complexity index is 801. The molecule has 6 heteroatoms. The lowest BCUT2D eigenvalue weighted by atomic mass is 10.2. The molecule has 0 aliphatic heterocycles. The molecule has 0 N–H and O–H groups in total. The van der Waals surface area contributed by atoms with Crippen molar-refractivity contribution in [3.05, 3.63) is 57.4 Å². The fraction of sp³-hybridized carbons (Fsp3) is 0.0714. The average Bonchev–Trinajstić information content (AvgIpc) is 2.77. The second-order valence-electron chi connectivity index (χ2n) is 4.20. The largest absolute Gasteiger partial charge is 0.292 e. The number of hydrogen-bond donors (Lipinski definition) is 0. The number of benzene rings is 2. The lowest BCUT2D eigenvalue weighted by molar-refractivity contribution is 0.615.